The smallest absolute Gasteiger partial charge is 0.191 e. The highest BCUT2D eigenvalue weighted by Crippen LogP contribution is 2.14. The molecule has 2 N–H and O–H groups in total. The number of aromatic nitrogens is 3. The van der Waals surface area contributed by atoms with Crippen LogP contribution in [0.2, 0.25) is 0 Å². The van der Waals surface area contributed by atoms with Gasteiger partial charge in [0.15, 0.2) is 5.96 Å². The molecule has 0 amide bonds. The van der Waals surface area contributed by atoms with Crippen molar-refractivity contribution in [2.75, 3.05) is 39.4 Å². The molecule has 1 fully saturated rings. The van der Waals surface area contributed by atoms with Crippen LogP contribution in [0.5, 0.6) is 0 Å². The Labute approximate surface area is 173 Å². The highest BCUT2D eigenvalue weighted by molar-refractivity contribution is 5.79. The van der Waals surface area contributed by atoms with Crippen molar-refractivity contribution in [2.24, 2.45) is 4.99 Å². The number of guanidine groups is 1. The van der Waals surface area contributed by atoms with Crippen molar-refractivity contribution < 1.29 is 4.74 Å². The Balaban J connectivity index is 1.57. The number of nitrogens with zero attached hydrogens (tertiary/aromatic N) is 5. The van der Waals surface area contributed by atoms with Gasteiger partial charge in [-0.2, -0.15) is 0 Å². The molecule has 1 aliphatic rings. The molecule has 2 heterocycles. The van der Waals surface area contributed by atoms with Crippen LogP contribution in [0, 0.1) is 0 Å². The Morgan fingerprint density at radius 3 is 2.69 bits per heavy atom. The number of nitrogens with one attached hydrogen (secondary N) is 2. The molecule has 158 valence electrons. The highest BCUT2D eigenvalue weighted by Gasteiger charge is 2.12. The summed E-state index contributed by atoms with van der Waals surface area (Å²) >= 11 is 0. The van der Waals surface area contributed by atoms with Gasteiger partial charge in [0.05, 0.1) is 19.8 Å². The van der Waals surface area contributed by atoms with Gasteiger partial charge in [0.2, 0.25) is 0 Å². The number of morpholine rings is 1. The van der Waals surface area contributed by atoms with Gasteiger partial charge in [0, 0.05) is 45.7 Å². The van der Waals surface area contributed by atoms with E-state index in [1.54, 1.807) is 6.33 Å². The zero-order chi connectivity index (χ0) is 20.3. The van der Waals surface area contributed by atoms with Crippen LogP contribution < -0.4 is 10.6 Å². The van der Waals surface area contributed by atoms with E-state index in [2.05, 4.69) is 68.4 Å². The van der Waals surface area contributed by atoms with E-state index in [1.807, 2.05) is 0 Å². The van der Waals surface area contributed by atoms with Crippen molar-refractivity contribution in [3.63, 3.8) is 0 Å². The number of ether oxygens (including phenoxy) is 1. The Kier molecular flexibility index (Phi) is 8.45. The molecule has 3 rings (SSSR count). The second-order valence-electron chi connectivity index (χ2n) is 7.07. The maximum absolute atomic E-state index is 5.46. The maximum Gasteiger partial charge on any atom is 0.191 e. The summed E-state index contributed by atoms with van der Waals surface area (Å²) in [5, 5.41) is 14.9. The number of benzene rings is 1. The van der Waals surface area contributed by atoms with Crippen LogP contribution in [0.15, 0.2) is 35.6 Å². The third-order valence-corrected chi connectivity index (χ3v) is 5.02. The van der Waals surface area contributed by atoms with E-state index in [-0.39, 0.29) is 0 Å². The summed E-state index contributed by atoms with van der Waals surface area (Å²) in [7, 11) is 0. The summed E-state index contributed by atoms with van der Waals surface area (Å²) in [6, 6.07) is 8.58. The minimum Gasteiger partial charge on any atom is -0.379 e. The van der Waals surface area contributed by atoms with E-state index in [1.165, 1.54) is 11.1 Å². The molecule has 0 unspecified atom stereocenters. The lowest BCUT2D eigenvalue weighted by Gasteiger charge is -2.27. The molecule has 8 nitrogen and oxygen atoms in total. The van der Waals surface area contributed by atoms with Crippen molar-refractivity contribution in [3.05, 3.63) is 47.5 Å². The van der Waals surface area contributed by atoms with E-state index in [0.29, 0.717) is 6.54 Å². The van der Waals surface area contributed by atoms with Gasteiger partial charge in [-0.3, -0.25) is 4.90 Å². The zero-order valence-electron chi connectivity index (χ0n) is 17.6. The predicted octanol–water partition coefficient (Wildman–Crippen LogP) is 1.43. The number of hydrogen-bond donors (Lipinski definition) is 2. The topological polar surface area (TPSA) is 79.6 Å². The molecule has 0 radical (unpaired) electrons. The normalized spacial score (nSPS) is 15.4. The molecule has 0 spiro atoms. The van der Waals surface area contributed by atoms with E-state index in [9.17, 15) is 0 Å². The molecular formula is C21H33N7O. The standard InChI is InChI=1S/C21H33N7O/c1-3-20-26-25-17-28(20)10-9-23-21(22-4-2)24-15-18-7-5-6-8-19(18)16-27-11-13-29-14-12-27/h5-8,17H,3-4,9-16H2,1-2H3,(H2,22,23,24). The fourth-order valence-electron chi connectivity index (χ4n) is 3.41. The largest absolute Gasteiger partial charge is 0.379 e. The van der Waals surface area contributed by atoms with Gasteiger partial charge < -0.3 is 19.9 Å². The average molecular weight is 400 g/mol. The van der Waals surface area contributed by atoms with Crippen molar-refractivity contribution >= 4 is 5.96 Å². The molecule has 1 aliphatic heterocycles. The van der Waals surface area contributed by atoms with E-state index < -0.39 is 0 Å². The van der Waals surface area contributed by atoms with Gasteiger partial charge in [0.25, 0.3) is 0 Å². The summed E-state index contributed by atoms with van der Waals surface area (Å²) in [6.07, 6.45) is 2.67. The molecule has 1 saturated heterocycles. The summed E-state index contributed by atoms with van der Waals surface area (Å²) in [6.45, 7) is 11.8. The van der Waals surface area contributed by atoms with Crippen LogP contribution in [-0.2, 0) is 30.8 Å². The van der Waals surface area contributed by atoms with Crippen molar-refractivity contribution in [1.29, 1.82) is 0 Å². The Morgan fingerprint density at radius 2 is 1.93 bits per heavy atom. The summed E-state index contributed by atoms with van der Waals surface area (Å²) in [5.74, 6) is 1.84. The van der Waals surface area contributed by atoms with Crippen LogP contribution in [0.4, 0.5) is 0 Å². The van der Waals surface area contributed by atoms with E-state index in [0.717, 1.165) is 70.7 Å². The van der Waals surface area contributed by atoms with Gasteiger partial charge >= 0.3 is 0 Å². The number of hydrogen-bond acceptors (Lipinski definition) is 5. The maximum atomic E-state index is 5.46. The second-order valence-corrected chi connectivity index (χ2v) is 7.07. The summed E-state index contributed by atoms with van der Waals surface area (Å²) in [5.41, 5.74) is 2.61. The van der Waals surface area contributed by atoms with Gasteiger partial charge in [-0.25, -0.2) is 4.99 Å². The molecule has 0 saturated carbocycles. The lowest BCUT2D eigenvalue weighted by atomic mass is 10.1. The van der Waals surface area contributed by atoms with Crippen LogP contribution in [0.25, 0.3) is 0 Å². The lowest BCUT2D eigenvalue weighted by molar-refractivity contribution is 0.0341. The zero-order valence-corrected chi connectivity index (χ0v) is 17.6. The van der Waals surface area contributed by atoms with Gasteiger partial charge in [0.1, 0.15) is 12.2 Å². The van der Waals surface area contributed by atoms with Crippen LogP contribution >= 0.6 is 0 Å². The third-order valence-electron chi connectivity index (χ3n) is 5.02. The number of rotatable bonds is 9. The van der Waals surface area contributed by atoms with Crippen molar-refractivity contribution in [3.8, 4) is 0 Å². The van der Waals surface area contributed by atoms with E-state index >= 15 is 0 Å². The lowest BCUT2D eigenvalue weighted by Crippen LogP contribution is -2.39. The quantitative estimate of drug-likeness (QED) is 0.491. The predicted molar refractivity (Wildman–Crippen MR) is 115 cm³/mol. The molecule has 0 aliphatic carbocycles. The molecule has 29 heavy (non-hydrogen) atoms. The fraction of sp³-hybridized carbons (Fsp3) is 0.571. The van der Waals surface area contributed by atoms with Crippen LogP contribution in [-0.4, -0.2) is 65.0 Å². The van der Waals surface area contributed by atoms with Crippen LogP contribution in [0.1, 0.15) is 30.8 Å². The first-order valence-electron chi connectivity index (χ1n) is 10.6. The monoisotopic (exact) mass is 399 g/mol. The Morgan fingerprint density at radius 1 is 1.14 bits per heavy atom. The first kappa shape index (κ1) is 21.3. The Bertz CT molecular complexity index is 768. The number of aryl methyl sites for hydroxylation is 1. The van der Waals surface area contributed by atoms with Crippen molar-refractivity contribution in [1.82, 2.24) is 30.3 Å². The van der Waals surface area contributed by atoms with Gasteiger partial charge in [-0.1, -0.05) is 31.2 Å². The van der Waals surface area contributed by atoms with Crippen molar-refractivity contribution in [2.45, 2.75) is 39.9 Å². The molecule has 8 heteroatoms. The fourth-order valence-corrected chi connectivity index (χ4v) is 3.41. The molecule has 1 aromatic carbocycles. The minimum atomic E-state index is 0.655. The number of aliphatic imine (C=N–C) groups is 1. The first-order valence-corrected chi connectivity index (χ1v) is 10.6. The Hall–Kier alpha value is -2.45. The second kappa shape index (κ2) is 11.5. The van der Waals surface area contributed by atoms with E-state index in [4.69, 9.17) is 9.73 Å². The molecule has 0 bridgehead atoms. The van der Waals surface area contributed by atoms with Crippen LogP contribution in [0.3, 0.4) is 0 Å². The molecule has 0 atom stereocenters. The first-order chi connectivity index (χ1) is 14.3. The highest BCUT2D eigenvalue weighted by atomic mass is 16.5. The van der Waals surface area contributed by atoms with Gasteiger partial charge in [-0.05, 0) is 18.1 Å². The SMILES string of the molecule is CCNC(=NCc1ccccc1CN1CCOCC1)NCCn1cnnc1CC. The third kappa shape index (κ3) is 6.54. The minimum absolute atomic E-state index is 0.655. The molecular weight excluding hydrogens is 366 g/mol. The summed E-state index contributed by atoms with van der Waals surface area (Å²) < 4.78 is 7.54. The molecule has 2 aromatic rings. The summed E-state index contributed by atoms with van der Waals surface area (Å²) in [4.78, 5) is 7.25. The molecule has 1 aromatic heterocycles. The average Bonchev–Trinajstić information content (AvgIpc) is 3.21. The van der Waals surface area contributed by atoms with Gasteiger partial charge in [-0.15, -0.1) is 10.2 Å².